The Morgan fingerprint density at radius 3 is 2.33 bits per heavy atom. The second kappa shape index (κ2) is 5.65. The summed E-state index contributed by atoms with van der Waals surface area (Å²) >= 11 is 0. The normalized spacial score (nSPS) is 11.0. The number of alkyl halides is 3. The molecule has 6 nitrogen and oxygen atoms in total. The molecule has 0 saturated heterocycles. The lowest BCUT2D eigenvalue weighted by atomic mass is 10.3. The molecule has 0 unspecified atom stereocenters. The van der Waals surface area contributed by atoms with Gasteiger partial charge in [0.1, 0.15) is 5.84 Å². The Morgan fingerprint density at radius 2 is 1.71 bits per heavy atom. The Labute approximate surface area is 116 Å². The Morgan fingerprint density at radius 1 is 1.10 bits per heavy atom. The summed E-state index contributed by atoms with van der Waals surface area (Å²) in [5, 5.41) is 7.32. The molecular formula is C12H9F3N4O2. The highest BCUT2D eigenvalue weighted by molar-refractivity contribution is 5.95. The van der Waals surface area contributed by atoms with Crippen LogP contribution in [0.25, 0.3) is 0 Å². The molecule has 2 rings (SSSR count). The molecule has 0 amide bonds. The van der Waals surface area contributed by atoms with Crippen molar-refractivity contribution in [1.29, 1.82) is 5.41 Å². The molecule has 0 bridgehead atoms. The van der Waals surface area contributed by atoms with Gasteiger partial charge < -0.3 is 15.2 Å². The number of nitrogens with two attached hydrogens (primary N) is 1. The summed E-state index contributed by atoms with van der Waals surface area (Å²) in [6.45, 7) is 0. The number of nitrogens with zero attached hydrogens (tertiary/aromatic N) is 2. The van der Waals surface area contributed by atoms with Crippen LogP contribution in [0.2, 0.25) is 0 Å². The first-order valence-corrected chi connectivity index (χ1v) is 5.55. The van der Waals surface area contributed by atoms with E-state index in [9.17, 15) is 13.2 Å². The highest BCUT2D eigenvalue weighted by atomic mass is 19.4. The fourth-order valence-electron chi connectivity index (χ4n) is 1.43. The highest BCUT2D eigenvalue weighted by Crippen LogP contribution is 2.34. The monoisotopic (exact) mass is 298 g/mol. The van der Waals surface area contributed by atoms with Crippen LogP contribution >= 0.6 is 0 Å². The number of aromatic nitrogens is 2. The number of nitrogens with one attached hydrogen (secondary N) is 1. The molecule has 0 saturated carbocycles. The average molecular weight is 298 g/mol. The molecule has 0 fully saturated rings. The number of ether oxygens (including phenoxy) is 2. The second-order valence-electron chi connectivity index (χ2n) is 3.72. The number of rotatable bonds is 4. The molecule has 1 heterocycles. The SMILES string of the molecule is N=C(N)c1nccnc1Oc1ccccc1OC(F)(F)F. The van der Waals surface area contributed by atoms with Gasteiger partial charge in [-0.25, -0.2) is 9.97 Å². The van der Waals surface area contributed by atoms with Crippen molar-refractivity contribution >= 4 is 5.84 Å². The van der Waals surface area contributed by atoms with Crippen LogP contribution in [0.5, 0.6) is 17.4 Å². The van der Waals surface area contributed by atoms with Crippen molar-refractivity contribution in [2.24, 2.45) is 5.73 Å². The molecule has 0 spiro atoms. The quantitative estimate of drug-likeness (QED) is 0.668. The molecule has 9 heteroatoms. The Kier molecular flexibility index (Phi) is 3.92. The van der Waals surface area contributed by atoms with E-state index in [0.717, 1.165) is 6.07 Å². The number of halogens is 3. The zero-order valence-corrected chi connectivity index (χ0v) is 10.4. The van der Waals surface area contributed by atoms with Gasteiger partial charge in [-0.2, -0.15) is 0 Å². The number of para-hydroxylation sites is 2. The molecule has 0 atom stereocenters. The smallest absolute Gasteiger partial charge is 0.433 e. The predicted molar refractivity (Wildman–Crippen MR) is 66.2 cm³/mol. The minimum Gasteiger partial charge on any atom is -0.433 e. The van der Waals surface area contributed by atoms with Crippen molar-refractivity contribution in [1.82, 2.24) is 9.97 Å². The molecule has 0 aliphatic rings. The van der Waals surface area contributed by atoms with Crippen molar-refractivity contribution in [2.75, 3.05) is 0 Å². The van der Waals surface area contributed by atoms with Gasteiger partial charge in [0.15, 0.2) is 17.2 Å². The summed E-state index contributed by atoms with van der Waals surface area (Å²) in [5.41, 5.74) is 5.21. The van der Waals surface area contributed by atoms with Gasteiger partial charge in [-0.05, 0) is 12.1 Å². The fourth-order valence-corrected chi connectivity index (χ4v) is 1.43. The van der Waals surface area contributed by atoms with Crippen LogP contribution in [0, 0.1) is 5.41 Å². The van der Waals surface area contributed by atoms with E-state index >= 15 is 0 Å². The van der Waals surface area contributed by atoms with E-state index in [1.165, 1.54) is 30.6 Å². The Hall–Kier alpha value is -2.84. The lowest BCUT2D eigenvalue weighted by molar-refractivity contribution is -0.275. The summed E-state index contributed by atoms with van der Waals surface area (Å²) in [7, 11) is 0. The number of benzene rings is 1. The van der Waals surface area contributed by atoms with Crippen LogP contribution in [0.1, 0.15) is 5.69 Å². The molecule has 1 aromatic heterocycles. The van der Waals surface area contributed by atoms with E-state index in [-0.39, 0.29) is 17.3 Å². The summed E-state index contributed by atoms with van der Waals surface area (Å²) in [4.78, 5) is 7.57. The molecule has 2 aromatic rings. The highest BCUT2D eigenvalue weighted by Gasteiger charge is 2.32. The number of hydrogen-bond acceptors (Lipinski definition) is 5. The first-order chi connectivity index (χ1) is 9.87. The van der Waals surface area contributed by atoms with Crippen molar-refractivity contribution in [2.45, 2.75) is 6.36 Å². The van der Waals surface area contributed by atoms with Crippen LogP contribution < -0.4 is 15.2 Å². The van der Waals surface area contributed by atoms with Gasteiger partial charge in [0.2, 0.25) is 5.88 Å². The van der Waals surface area contributed by atoms with Gasteiger partial charge in [-0.15, -0.1) is 13.2 Å². The van der Waals surface area contributed by atoms with E-state index in [4.69, 9.17) is 15.9 Å². The van der Waals surface area contributed by atoms with Crippen LogP contribution in [-0.4, -0.2) is 22.2 Å². The van der Waals surface area contributed by atoms with Gasteiger partial charge in [0.25, 0.3) is 0 Å². The lowest BCUT2D eigenvalue weighted by Crippen LogP contribution is -2.18. The summed E-state index contributed by atoms with van der Waals surface area (Å²) in [6.07, 6.45) is -2.32. The average Bonchev–Trinajstić information content (AvgIpc) is 2.40. The maximum absolute atomic E-state index is 12.3. The van der Waals surface area contributed by atoms with E-state index in [0.29, 0.717) is 0 Å². The maximum atomic E-state index is 12.3. The third-order valence-electron chi connectivity index (χ3n) is 2.20. The molecule has 21 heavy (non-hydrogen) atoms. The standard InChI is InChI=1S/C12H9F3N4O2/c13-12(14,15)21-8-4-2-1-3-7(8)20-11-9(10(16)17)18-5-6-19-11/h1-6H,(H3,16,17). The molecule has 110 valence electrons. The van der Waals surface area contributed by atoms with Gasteiger partial charge >= 0.3 is 6.36 Å². The minimum absolute atomic E-state index is 0.0840. The van der Waals surface area contributed by atoms with E-state index in [1.54, 1.807) is 0 Å². The van der Waals surface area contributed by atoms with Gasteiger partial charge in [0, 0.05) is 12.4 Å². The molecule has 0 aliphatic heterocycles. The van der Waals surface area contributed by atoms with Crippen molar-refractivity contribution in [3.05, 3.63) is 42.4 Å². The molecule has 1 aromatic carbocycles. The third kappa shape index (κ3) is 3.81. The van der Waals surface area contributed by atoms with Crippen LogP contribution in [-0.2, 0) is 0 Å². The second-order valence-corrected chi connectivity index (χ2v) is 3.72. The van der Waals surface area contributed by atoms with Crippen molar-refractivity contribution in [3.63, 3.8) is 0 Å². The molecular weight excluding hydrogens is 289 g/mol. The predicted octanol–water partition coefficient (Wildman–Crippen LogP) is 2.45. The summed E-state index contributed by atoms with van der Waals surface area (Å²) < 4.78 is 46.0. The zero-order valence-electron chi connectivity index (χ0n) is 10.4. The van der Waals surface area contributed by atoms with Crippen molar-refractivity contribution < 1.29 is 22.6 Å². The van der Waals surface area contributed by atoms with E-state index in [1.807, 2.05) is 0 Å². The van der Waals surface area contributed by atoms with Crippen molar-refractivity contribution in [3.8, 4) is 17.4 Å². The van der Waals surface area contributed by atoms with E-state index < -0.39 is 17.9 Å². The summed E-state index contributed by atoms with van der Waals surface area (Å²) in [5.74, 6) is -1.38. The molecule has 3 N–H and O–H groups in total. The Bertz CT molecular complexity index is 661. The maximum Gasteiger partial charge on any atom is 0.573 e. The molecule has 0 radical (unpaired) electrons. The summed E-state index contributed by atoms with van der Waals surface area (Å²) in [6, 6.07) is 5.17. The van der Waals surface area contributed by atoms with Crippen LogP contribution in [0.3, 0.4) is 0 Å². The minimum atomic E-state index is -4.86. The number of nitrogen functional groups attached to an aromatic ring is 1. The topological polar surface area (TPSA) is 94.1 Å². The Balaban J connectivity index is 2.35. The van der Waals surface area contributed by atoms with Crippen LogP contribution in [0.15, 0.2) is 36.7 Å². The first kappa shape index (κ1) is 14.6. The fraction of sp³-hybridized carbons (Fsp3) is 0.0833. The number of amidine groups is 1. The van der Waals surface area contributed by atoms with Crippen LogP contribution in [0.4, 0.5) is 13.2 Å². The third-order valence-corrected chi connectivity index (χ3v) is 2.20. The van der Waals surface area contributed by atoms with Gasteiger partial charge in [-0.3, -0.25) is 5.41 Å². The first-order valence-electron chi connectivity index (χ1n) is 5.55. The van der Waals surface area contributed by atoms with Gasteiger partial charge in [0.05, 0.1) is 0 Å². The van der Waals surface area contributed by atoms with E-state index in [2.05, 4.69) is 14.7 Å². The van der Waals surface area contributed by atoms with Gasteiger partial charge in [-0.1, -0.05) is 12.1 Å². The molecule has 0 aliphatic carbocycles. The lowest BCUT2D eigenvalue weighted by Gasteiger charge is -2.14. The largest absolute Gasteiger partial charge is 0.573 e. The zero-order chi connectivity index (χ0) is 15.5. The number of hydrogen-bond donors (Lipinski definition) is 2.